The first-order chi connectivity index (χ1) is 10.4. The summed E-state index contributed by atoms with van der Waals surface area (Å²) in [4.78, 5) is 13.6. The largest absolute Gasteiger partial charge is 0.436 e. The summed E-state index contributed by atoms with van der Waals surface area (Å²) in [6.07, 6.45) is -3.71. The van der Waals surface area contributed by atoms with E-state index in [1.54, 1.807) is 0 Å². The number of carbonyl (C=O) groups excluding carboxylic acids is 1. The Balaban J connectivity index is 2.22. The van der Waals surface area contributed by atoms with Crippen LogP contribution in [0.15, 0.2) is 0 Å². The van der Waals surface area contributed by atoms with Crippen molar-refractivity contribution in [3.05, 3.63) is 16.4 Å². The van der Waals surface area contributed by atoms with Gasteiger partial charge in [0.25, 0.3) is 5.91 Å². The topological polar surface area (TPSA) is 75.5 Å². The number of hydrogen-bond acceptors (Lipinski definition) is 4. The van der Waals surface area contributed by atoms with Crippen molar-refractivity contribution >= 4 is 27.5 Å². The summed E-state index contributed by atoms with van der Waals surface area (Å²) < 4.78 is 63.1. The summed E-state index contributed by atoms with van der Waals surface area (Å²) in [5, 5.41) is 2.50. The van der Waals surface area contributed by atoms with E-state index in [2.05, 4.69) is 5.10 Å². The Morgan fingerprint density at radius 2 is 1.74 bits per heavy atom. The van der Waals surface area contributed by atoms with Crippen LogP contribution in [0.25, 0.3) is 0 Å². The number of nitrogens with zero attached hydrogens (tertiary/aromatic N) is 4. The van der Waals surface area contributed by atoms with Crippen molar-refractivity contribution in [2.75, 3.05) is 32.4 Å². The Kier molecular flexibility index (Phi) is 4.66. The fourth-order valence-electron chi connectivity index (χ4n) is 2.28. The molecule has 0 aromatic carbocycles. The second-order valence-electron chi connectivity index (χ2n) is 5.09. The lowest BCUT2D eigenvalue weighted by Gasteiger charge is -2.33. The molecule has 0 radical (unpaired) electrons. The first kappa shape index (κ1) is 18.0. The van der Waals surface area contributed by atoms with Crippen LogP contribution < -0.4 is 0 Å². The van der Waals surface area contributed by atoms with Crippen LogP contribution in [0.5, 0.6) is 0 Å². The molecule has 0 saturated carbocycles. The van der Waals surface area contributed by atoms with Crippen molar-refractivity contribution in [2.24, 2.45) is 7.05 Å². The fraction of sp³-hybridized carbons (Fsp3) is 0.636. The molecule has 0 bridgehead atoms. The highest BCUT2D eigenvalue weighted by Gasteiger charge is 2.40. The third-order valence-corrected chi connectivity index (χ3v) is 5.12. The van der Waals surface area contributed by atoms with Crippen LogP contribution in [-0.2, 0) is 23.2 Å². The third-order valence-electron chi connectivity index (χ3n) is 3.46. The Bertz CT molecular complexity index is 724. The predicted molar refractivity (Wildman–Crippen MR) is 75.5 cm³/mol. The van der Waals surface area contributed by atoms with E-state index in [1.165, 1.54) is 16.3 Å². The minimum Gasteiger partial charge on any atom is -0.335 e. The number of sulfonamides is 1. The molecule has 1 fully saturated rings. The summed E-state index contributed by atoms with van der Waals surface area (Å²) in [6.45, 7) is 0.280. The molecule has 0 N–H and O–H groups in total. The fourth-order valence-corrected chi connectivity index (χ4v) is 3.46. The summed E-state index contributed by atoms with van der Waals surface area (Å²) in [7, 11) is -2.17. The van der Waals surface area contributed by atoms with Crippen LogP contribution in [0.1, 0.15) is 16.2 Å². The van der Waals surface area contributed by atoms with Crippen molar-refractivity contribution in [3.63, 3.8) is 0 Å². The van der Waals surface area contributed by atoms with E-state index in [1.807, 2.05) is 0 Å². The summed E-state index contributed by atoms with van der Waals surface area (Å²) in [5.41, 5.74) is -1.69. The number of aromatic nitrogens is 2. The zero-order valence-electron chi connectivity index (χ0n) is 12.3. The molecule has 1 aliphatic rings. The van der Waals surface area contributed by atoms with E-state index in [9.17, 15) is 26.4 Å². The van der Waals surface area contributed by atoms with Crippen molar-refractivity contribution in [1.29, 1.82) is 0 Å². The average molecular weight is 375 g/mol. The van der Waals surface area contributed by atoms with Crippen molar-refractivity contribution < 1.29 is 26.4 Å². The standard InChI is InChI=1S/C11H14ClF3N4O3S/c1-17-8(7(12)9(16-17)11(13,14)15)10(20)18-3-5-19(6-4-18)23(2,21)22/h3-6H2,1-2H3. The van der Waals surface area contributed by atoms with Gasteiger partial charge >= 0.3 is 6.18 Å². The summed E-state index contributed by atoms with van der Waals surface area (Å²) in [6, 6.07) is 0. The van der Waals surface area contributed by atoms with Gasteiger partial charge in [0.15, 0.2) is 5.69 Å². The molecule has 1 aromatic heterocycles. The van der Waals surface area contributed by atoms with Crippen molar-refractivity contribution in [3.8, 4) is 0 Å². The van der Waals surface area contributed by atoms with Gasteiger partial charge in [0.05, 0.1) is 6.26 Å². The molecule has 2 rings (SSSR count). The van der Waals surface area contributed by atoms with E-state index in [0.717, 1.165) is 10.9 Å². The molecule has 1 aliphatic heterocycles. The van der Waals surface area contributed by atoms with Gasteiger partial charge in [-0.3, -0.25) is 9.48 Å². The maximum atomic E-state index is 12.8. The number of alkyl halides is 3. The zero-order valence-corrected chi connectivity index (χ0v) is 13.8. The Morgan fingerprint density at radius 3 is 2.13 bits per heavy atom. The molecule has 2 heterocycles. The molecule has 7 nitrogen and oxygen atoms in total. The van der Waals surface area contributed by atoms with E-state index in [4.69, 9.17) is 11.6 Å². The molecule has 130 valence electrons. The smallest absolute Gasteiger partial charge is 0.335 e. The highest BCUT2D eigenvalue weighted by molar-refractivity contribution is 7.88. The molecule has 1 saturated heterocycles. The van der Waals surface area contributed by atoms with Crippen LogP contribution in [0.4, 0.5) is 13.2 Å². The number of amides is 1. The lowest BCUT2D eigenvalue weighted by molar-refractivity contribution is -0.141. The SMILES string of the molecule is Cn1nc(C(F)(F)F)c(Cl)c1C(=O)N1CCN(S(C)(=O)=O)CC1. The molecular weight excluding hydrogens is 361 g/mol. The summed E-state index contributed by atoms with van der Waals surface area (Å²) >= 11 is 5.67. The summed E-state index contributed by atoms with van der Waals surface area (Å²) in [5.74, 6) is -0.714. The maximum absolute atomic E-state index is 12.8. The molecule has 0 atom stereocenters. The Labute approximate surface area is 135 Å². The second-order valence-corrected chi connectivity index (χ2v) is 7.45. The Hall–Kier alpha value is -1.33. The van der Waals surface area contributed by atoms with E-state index in [0.29, 0.717) is 0 Å². The Morgan fingerprint density at radius 1 is 1.22 bits per heavy atom. The highest BCUT2D eigenvalue weighted by Crippen LogP contribution is 2.35. The van der Waals surface area contributed by atoms with Crippen LogP contribution in [0, 0.1) is 0 Å². The molecule has 0 spiro atoms. The maximum Gasteiger partial charge on any atom is 0.436 e. The normalized spacial score (nSPS) is 17.6. The number of rotatable bonds is 2. The molecular formula is C11H14ClF3N4O3S. The molecule has 1 amide bonds. The van der Waals surface area contributed by atoms with Crippen LogP contribution in [0.3, 0.4) is 0 Å². The molecule has 23 heavy (non-hydrogen) atoms. The minimum atomic E-state index is -4.76. The van der Waals surface area contributed by atoms with Crippen LogP contribution >= 0.6 is 11.6 Å². The van der Waals surface area contributed by atoms with Gasteiger partial charge in [-0.05, 0) is 0 Å². The molecule has 12 heteroatoms. The van der Waals surface area contributed by atoms with Gasteiger partial charge in [-0.15, -0.1) is 0 Å². The number of aryl methyl sites for hydroxylation is 1. The second kappa shape index (κ2) is 5.95. The molecule has 0 aliphatic carbocycles. The average Bonchev–Trinajstić information content (AvgIpc) is 2.72. The third kappa shape index (κ3) is 3.61. The van der Waals surface area contributed by atoms with Gasteiger partial charge < -0.3 is 4.90 Å². The lowest BCUT2D eigenvalue weighted by Crippen LogP contribution is -2.50. The van der Waals surface area contributed by atoms with Gasteiger partial charge in [0.2, 0.25) is 10.0 Å². The number of hydrogen-bond donors (Lipinski definition) is 0. The van der Waals surface area contributed by atoms with Gasteiger partial charge in [-0.1, -0.05) is 11.6 Å². The van der Waals surface area contributed by atoms with Gasteiger partial charge in [0.1, 0.15) is 10.7 Å². The molecule has 0 unspecified atom stereocenters. The van der Waals surface area contributed by atoms with Crippen LogP contribution in [-0.4, -0.2) is 65.7 Å². The monoisotopic (exact) mass is 374 g/mol. The van der Waals surface area contributed by atoms with Crippen molar-refractivity contribution in [1.82, 2.24) is 19.0 Å². The first-order valence-electron chi connectivity index (χ1n) is 6.47. The zero-order chi connectivity index (χ0) is 17.6. The number of piperazine rings is 1. The van der Waals surface area contributed by atoms with Gasteiger partial charge in [0, 0.05) is 33.2 Å². The first-order valence-corrected chi connectivity index (χ1v) is 8.69. The van der Waals surface area contributed by atoms with E-state index < -0.39 is 32.8 Å². The van der Waals surface area contributed by atoms with E-state index >= 15 is 0 Å². The lowest BCUT2D eigenvalue weighted by atomic mass is 10.2. The van der Waals surface area contributed by atoms with E-state index in [-0.39, 0.29) is 31.9 Å². The van der Waals surface area contributed by atoms with Gasteiger partial charge in [-0.2, -0.15) is 22.6 Å². The number of carbonyl (C=O) groups is 1. The number of halogens is 4. The molecule has 1 aromatic rings. The highest BCUT2D eigenvalue weighted by atomic mass is 35.5. The van der Waals surface area contributed by atoms with Crippen LogP contribution in [0.2, 0.25) is 5.02 Å². The quantitative estimate of drug-likeness (QED) is 0.767. The van der Waals surface area contributed by atoms with Gasteiger partial charge in [-0.25, -0.2) is 8.42 Å². The van der Waals surface area contributed by atoms with Crippen molar-refractivity contribution in [2.45, 2.75) is 6.18 Å². The minimum absolute atomic E-state index is 0.0642. The predicted octanol–water partition coefficient (Wildman–Crippen LogP) is 0.810.